The SMILES string of the molecule is Cc1cc(C)c(C=O)c(OCCN2CCOCC2)c1. The first-order chi connectivity index (χ1) is 9.20. The number of hydrogen-bond donors (Lipinski definition) is 0. The predicted octanol–water partition coefficient (Wildman–Crippen LogP) is 1.83. The van der Waals surface area contributed by atoms with Crippen molar-refractivity contribution in [1.29, 1.82) is 0 Å². The van der Waals surface area contributed by atoms with Crippen molar-refractivity contribution in [3.63, 3.8) is 0 Å². The molecule has 0 unspecified atom stereocenters. The Morgan fingerprint density at radius 2 is 2.05 bits per heavy atom. The van der Waals surface area contributed by atoms with Gasteiger partial charge in [0.25, 0.3) is 0 Å². The molecule has 0 saturated carbocycles. The van der Waals surface area contributed by atoms with Crippen LogP contribution in [0.25, 0.3) is 0 Å². The van der Waals surface area contributed by atoms with Gasteiger partial charge in [-0.3, -0.25) is 9.69 Å². The van der Waals surface area contributed by atoms with Crippen molar-refractivity contribution in [2.75, 3.05) is 39.5 Å². The average Bonchev–Trinajstić information content (AvgIpc) is 2.39. The second-order valence-electron chi connectivity index (χ2n) is 4.91. The van der Waals surface area contributed by atoms with E-state index in [4.69, 9.17) is 9.47 Å². The number of aldehydes is 1. The third-order valence-corrected chi connectivity index (χ3v) is 3.38. The van der Waals surface area contributed by atoms with Gasteiger partial charge in [-0.15, -0.1) is 0 Å². The number of benzene rings is 1. The molecule has 1 saturated heterocycles. The average molecular weight is 263 g/mol. The fraction of sp³-hybridized carbons (Fsp3) is 0.533. The summed E-state index contributed by atoms with van der Waals surface area (Å²) in [5.74, 6) is 0.695. The molecular weight excluding hydrogens is 242 g/mol. The van der Waals surface area contributed by atoms with E-state index in [1.807, 2.05) is 26.0 Å². The van der Waals surface area contributed by atoms with Gasteiger partial charge in [0.1, 0.15) is 12.4 Å². The molecule has 104 valence electrons. The molecule has 0 N–H and O–H groups in total. The molecule has 4 heteroatoms. The molecule has 1 aromatic carbocycles. The van der Waals surface area contributed by atoms with Gasteiger partial charge in [0.2, 0.25) is 0 Å². The number of nitrogens with zero attached hydrogens (tertiary/aromatic N) is 1. The van der Waals surface area contributed by atoms with Crippen molar-refractivity contribution >= 4 is 6.29 Å². The highest BCUT2D eigenvalue weighted by Gasteiger charge is 2.11. The van der Waals surface area contributed by atoms with Crippen LogP contribution in [0.2, 0.25) is 0 Å². The lowest BCUT2D eigenvalue weighted by Gasteiger charge is -2.26. The van der Waals surface area contributed by atoms with E-state index in [0.717, 1.165) is 50.3 Å². The third-order valence-electron chi connectivity index (χ3n) is 3.38. The Labute approximate surface area is 114 Å². The summed E-state index contributed by atoms with van der Waals surface area (Å²) in [5.41, 5.74) is 2.74. The van der Waals surface area contributed by atoms with Crippen molar-refractivity contribution in [3.8, 4) is 5.75 Å². The van der Waals surface area contributed by atoms with Gasteiger partial charge in [-0.05, 0) is 31.0 Å². The molecule has 0 bridgehead atoms. The van der Waals surface area contributed by atoms with Gasteiger partial charge in [0.15, 0.2) is 6.29 Å². The summed E-state index contributed by atoms with van der Waals surface area (Å²) in [6.07, 6.45) is 0.874. The van der Waals surface area contributed by atoms with E-state index in [-0.39, 0.29) is 0 Å². The van der Waals surface area contributed by atoms with E-state index in [2.05, 4.69) is 4.90 Å². The zero-order valence-corrected chi connectivity index (χ0v) is 11.6. The Morgan fingerprint density at radius 1 is 1.32 bits per heavy atom. The minimum absolute atomic E-state index is 0.601. The van der Waals surface area contributed by atoms with E-state index >= 15 is 0 Å². The molecule has 19 heavy (non-hydrogen) atoms. The van der Waals surface area contributed by atoms with Crippen molar-refractivity contribution < 1.29 is 14.3 Å². The summed E-state index contributed by atoms with van der Waals surface area (Å²) < 4.78 is 11.1. The number of aryl methyl sites for hydroxylation is 2. The van der Waals surface area contributed by atoms with Crippen LogP contribution in [0.5, 0.6) is 5.75 Å². The maximum atomic E-state index is 11.1. The van der Waals surface area contributed by atoms with E-state index < -0.39 is 0 Å². The lowest BCUT2D eigenvalue weighted by molar-refractivity contribution is 0.0322. The fourth-order valence-electron chi connectivity index (χ4n) is 2.32. The predicted molar refractivity (Wildman–Crippen MR) is 74.1 cm³/mol. The molecule has 1 heterocycles. The van der Waals surface area contributed by atoms with Crippen molar-refractivity contribution in [1.82, 2.24) is 4.90 Å². The minimum atomic E-state index is 0.601. The highest BCUT2D eigenvalue weighted by atomic mass is 16.5. The largest absolute Gasteiger partial charge is 0.491 e. The van der Waals surface area contributed by atoms with Gasteiger partial charge in [0.05, 0.1) is 18.8 Å². The number of carbonyl (C=O) groups excluding carboxylic acids is 1. The van der Waals surface area contributed by atoms with Gasteiger partial charge in [-0.2, -0.15) is 0 Å². The van der Waals surface area contributed by atoms with Gasteiger partial charge >= 0.3 is 0 Å². The minimum Gasteiger partial charge on any atom is -0.491 e. The van der Waals surface area contributed by atoms with E-state index in [0.29, 0.717) is 17.9 Å². The maximum absolute atomic E-state index is 11.1. The van der Waals surface area contributed by atoms with Crippen LogP contribution >= 0.6 is 0 Å². The normalized spacial score (nSPS) is 16.3. The molecule has 4 nitrogen and oxygen atoms in total. The number of ether oxygens (including phenoxy) is 2. The Morgan fingerprint density at radius 3 is 2.74 bits per heavy atom. The first-order valence-electron chi connectivity index (χ1n) is 6.70. The van der Waals surface area contributed by atoms with Crippen LogP contribution in [0, 0.1) is 13.8 Å². The summed E-state index contributed by atoms with van der Waals surface area (Å²) in [4.78, 5) is 13.4. The van der Waals surface area contributed by atoms with Crippen LogP contribution < -0.4 is 4.74 Å². The van der Waals surface area contributed by atoms with E-state index in [9.17, 15) is 4.79 Å². The number of morpholine rings is 1. The summed E-state index contributed by atoms with van der Waals surface area (Å²) in [6, 6.07) is 3.93. The molecule has 1 aliphatic heterocycles. The zero-order chi connectivity index (χ0) is 13.7. The molecule has 0 aliphatic carbocycles. The second kappa shape index (κ2) is 6.68. The molecule has 0 spiro atoms. The number of carbonyl (C=O) groups is 1. The van der Waals surface area contributed by atoms with Crippen molar-refractivity contribution in [2.24, 2.45) is 0 Å². The fourth-order valence-corrected chi connectivity index (χ4v) is 2.32. The Balaban J connectivity index is 1.93. The quantitative estimate of drug-likeness (QED) is 0.760. The van der Waals surface area contributed by atoms with Crippen LogP contribution in [0.3, 0.4) is 0 Å². The molecule has 1 fully saturated rings. The molecule has 2 rings (SSSR count). The third kappa shape index (κ3) is 3.78. The molecule has 1 aromatic rings. The highest BCUT2D eigenvalue weighted by molar-refractivity contribution is 5.81. The first-order valence-corrected chi connectivity index (χ1v) is 6.70. The van der Waals surface area contributed by atoms with Crippen molar-refractivity contribution in [2.45, 2.75) is 13.8 Å². The molecule has 0 radical (unpaired) electrons. The van der Waals surface area contributed by atoms with Gasteiger partial charge in [-0.25, -0.2) is 0 Å². The maximum Gasteiger partial charge on any atom is 0.154 e. The van der Waals surface area contributed by atoms with Gasteiger partial charge < -0.3 is 9.47 Å². The van der Waals surface area contributed by atoms with Crippen LogP contribution in [0.4, 0.5) is 0 Å². The molecule has 1 aliphatic rings. The topological polar surface area (TPSA) is 38.8 Å². The highest BCUT2D eigenvalue weighted by Crippen LogP contribution is 2.22. The summed E-state index contributed by atoms with van der Waals surface area (Å²) in [6.45, 7) is 8.92. The van der Waals surface area contributed by atoms with Gasteiger partial charge in [-0.1, -0.05) is 6.07 Å². The number of rotatable bonds is 5. The van der Waals surface area contributed by atoms with E-state index in [1.165, 1.54) is 0 Å². The van der Waals surface area contributed by atoms with Crippen LogP contribution in [0.15, 0.2) is 12.1 Å². The standard InChI is InChI=1S/C15H21NO3/c1-12-9-13(2)14(11-17)15(10-12)19-8-5-16-3-6-18-7-4-16/h9-11H,3-8H2,1-2H3. The van der Waals surface area contributed by atoms with Crippen molar-refractivity contribution in [3.05, 3.63) is 28.8 Å². The number of hydrogen-bond acceptors (Lipinski definition) is 4. The second-order valence-corrected chi connectivity index (χ2v) is 4.91. The van der Waals surface area contributed by atoms with Crippen LogP contribution in [0.1, 0.15) is 21.5 Å². The first kappa shape index (κ1) is 14.0. The summed E-state index contributed by atoms with van der Waals surface area (Å²) >= 11 is 0. The van der Waals surface area contributed by atoms with E-state index in [1.54, 1.807) is 0 Å². The lowest BCUT2D eigenvalue weighted by atomic mass is 10.1. The van der Waals surface area contributed by atoms with Crippen LogP contribution in [-0.2, 0) is 4.74 Å². The zero-order valence-electron chi connectivity index (χ0n) is 11.6. The smallest absolute Gasteiger partial charge is 0.154 e. The van der Waals surface area contributed by atoms with Gasteiger partial charge in [0, 0.05) is 19.6 Å². The monoisotopic (exact) mass is 263 g/mol. The molecule has 0 atom stereocenters. The lowest BCUT2D eigenvalue weighted by Crippen LogP contribution is -2.38. The summed E-state index contributed by atoms with van der Waals surface area (Å²) in [5, 5.41) is 0. The molecular formula is C15H21NO3. The Bertz CT molecular complexity index is 439. The molecule has 0 amide bonds. The Kier molecular flexibility index (Phi) is 4.93. The summed E-state index contributed by atoms with van der Waals surface area (Å²) in [7, 11) is 0. The van der Waals surface area contributed by atoms with Crippen LogP contribution in [-0.4, -0.2) is 50.6 Å². The Hall–Kier alpha value is -1.39. The molecule has 0 aromatic heterocycles.